The highest BCUT2D eigenvalue weighted by molar-refractivity contribution is 7.89. The van der Waals surface area contributed by atoms with Crippen molar-refractivity contribution in [2.75, 3.05) is 44.6 Å². The lowest BCUT2D eigenvalue weighted by Crippen LogP contribution is -2.51. The minimum atomic E-state index is -3.73. The zero-order valence-electron chi connectivity index (χ0n) is 16.9. The maximum atomic E-state index is 13.2. The summed E-state index contributed by atoms with van der Waals surface area (Å²) < 4.78 is 52.9. The van der Waals surface area contributed by atoms with Gasteiger partial charge in [0.25, 0.3) is 0 Å². The van der Waals surface area contributed by atoms with Crippen molar-refractivity contribution in [2.24, 2.45) is 0 Å². The maximum absolute atomic E-state index is 13.2. The van der Waals surface area contributed by atoms with E-state index in [2.05, 4.69) is 10.6 Å². The second-order valence-corrected chi connectivity index (χ2v) is 9.38. The number of hydrogen-bond acceptors (Lipinski definition) is 5. The molecule has 1 aliphatic heterocycles. The Morgan fingerprint density at radius 3 is 2.31 bits per heavy atom. The van der Waals surface area contributed by atoms with Gasteiger partial charge in [0.1, 0.15) is 4.90 Å². The van der Waals surface area contributed by atoms with Crippen LogP contribution in [0.15, 0.2) is 47.4 Å². The molecule has 0 radical (unpaired) electrons. The van der Waals surface area contributed by atoms with Gasteiger partial charge in [-0.15, -0.1) is 0 Å². The largest absolute Gasteiger partial charge is 0.346 e. The van der Waals surface area contributed by atoms with E-state index in [1.54, 1.807) is 17.0 Å². The lowest BCUT2D eigenvalue weighted by Gasteiger charge is -2.33. The Balaban J connectivity index is 1.44. The van der Waals surface area contributed by atoms with Crippen LogP contribution in [0.5, 0.6) is 0 Å². The number of sulfonamides is 1. The van der Waals surface area contributed by atoms with Crippen molar-refractivity contribution in [3.63, 3.8) is 0 Å². The molecule has 1 heterocycles. The van der Waals surface area contributed by atoms with Crippen LogP contribution >= 0.6 is 11.6 Å². The third-order valence-electron chi connectivity index (χ3n) is 4.80. The quantitative estimate of drug-likeness (QED) is 0.620. The maximum Gasteiger partial charge on any atom is 0.244 e. The molecule has 2 aromatic carbocycles. The first-order chi connectivity index (χ1) is 15.2. The Morgan fingerprint density at radius 2 is 1.66 bits per heavy atom. The summed E-state index contributed by atoms with van der Waals surface area (Å²) >= 11 is 6.01. The van der Waals surface area contributed by atoms with E-state index in [0.29, 0.717) is 13.1 Å². The van der Waals surface area contributed by atoms with Gasteiger partial charge >= 0.3 is 0 Å². The standard InChI is InChI=1S/C20H21ClF2N4O4S/c21-15-3-1-2-4-18(15)32(30,31)27-9-7-26(8-10-27)13-20(29)24-12-19(28)25-14-5-6-16(22)17(23)11-14/h1-6,11H,7-10,12-13H2,(H,24,29)(H,25,28). The zero-order valence-corrected chi connectivity index (χ0v) is 18.4. The molecule has 2 amide bonds. The molecule has 2 aromatic rings. The number of rotatable bonds is 7. The lowest BCUT2D eigenvalue weighted by molar-refractivity contribution is -0.125. The topological polar surface area (TPSA) is 98.8 Å². The Morgan fingerprint density at radius 1 is 0.969 bits per heavy atom. The van der Waals surface area contributed by atoms with E-state index in [4.69, 9.17) is 11.6 Å². The SMILES string of the molecule is O=C(CN1CCN(S(=O)(=O)c2ccccc2Cl)CC1)NCC(=O)Nc1ccc(F)c(F)c1. The van der Waals surface area contributed by atoms with E-state index in [9.17, 15) is 26.8 Å². The number of carbonyl (C=O) groups is 2. The zero-order chi connectivity index (χ0) is 23.3. The van der Waals surface area contributed by atoms with Crippen LogP contribution in [0.4, 0.5) is 14.5 Å². The average molecular weight is 487 g/mol. The molecule has 8 nitrogen and oxygen atoms in total. The highest BCUT2D eigenvalue weighted by Crippen LogP contribution is 2.24. The fourth-order valence-electron chi connectivity index (χ4n) is 3.14. The number of amides is 2. The molecule has 2 N–H and O–H groups in total. The van der Waals surface area contributed by atoms with Gasteiger partial charge in [0, 0.05) is 37.9 Å². The lowest BCUT2D eigenvalue weighted by atomic mass is 10.3. The molecule has 0 unspecified atom stereocenters. The molecular formula is C20H21ClF2N4O4S. The summed E-state index contributed by atoms with van der Waals surface area (Å²) in [6, 6.07) is 9.13. The summed E-state index contributed by atoms with van der Waals surface area (Å²) in [4.78, 5) is 25.8. The van der Waals surface area contributed by atoms with E-state index < -0.39 is 33.5 Å². The predicted octanol–water partition coefficient (Wildman–Crippen LogP) is 1.68. The monoisotopic (exact) mass is 486 g/mol. The molecule has 0 saturated carbocycles. The second kappa shape index (κ2) is 10.3. The third-order valence-corrected chi connectivity index (χ3v) is 7.20. The van der Waals surface area contributed by atoms with Crippen LogP contribution in [0.2, 0.25) is 5.02 Å². The Hall–Kier alpha value is -2.60. The van der Waals surface area contributed by atoms with E-state index in [1.165, 1.54) is 22.5 Å². The van der Waals surface area contributed by atoms with Gasteiger partial charge in [-0.05, 0) is 24.3 Å². The fourth-order valence-corrected chi connectivity index (χ4v) is 5.05. The highest BCUT2D eigenvalue weighted by atomic mass is 35.5. The van der Waals surface area contributed by atoms with Crippen molar-refractivity contribution in [2.45, 2.75) is 4.90 Å². The highest BCUT2D eigenvalue weighted by Gasteiger charge is 2.30. The molecule has 32 heavy (non-hydrogen) atoms. The van der Waals surface area contributed by atoms with E-state index in [0.717, 1.165) is 12.1 Å². The molecule has 0 aromatic heterocycles. The van der Waals surface area contributed by atoms with Crippen molar-refractivity contribution in [3.8, 4) is 0 Å². The summed E-state index contributed by atoms with van der Waals surface area (Å²) in [5.41, 5.74) is 0.0685. The van der Waals surface area contributed by atoms with Crippen molar-refractivity contribution < 1.29 is 26.8 Å². The number of benzene rings is 2. The van der Waals surface area contributed by atoms with Gasteiger partial charge in [0.05, 0.1) is 18.1 Å². The first kappa shape index (κ1) is 24.1. The normalized spacial score (nSPS) is 15.3. The van der Waals surface area contributed by atoms with Crippen LogP contribution in [0, 0.1) is 11.6 Å². The van der Waals surface area contributed by atoms with E-state index in [-0.39, 0.29) is 41.8 Å². The molecule has 0 atom stereocenters. The molecule has 0 bridgehead atoms. The van der Waals surface area contributed by atoms with Gasteiger partial charge in [-0.2, -0.15) is 4.31 Å². The first-order valence-electron chi connectivity index (χ1n) is 9.65. The number of anilines is 1. The third kappa shape index (κ3) is 6.00. The average Bonchev–Trinajstić information content (AvgIpc) is 2.75. The van der Waals surface area contributed by atoms with Crippen molar-refractivity contribution in [3.05, 3.63) is 59.1 Å². The summed E-state index contributed by atoms with van der Waals surface area (Å²) in [6.45, 7) is 0.683. The Kier molecular flexibility index (Phi) is 7.77. The molecule has 1 saturated heterocycles. The minimum Gasteiger partial charge on any atom is -0.346 e. The second-order valence-electron chi connectivity index (χ2n) is 7.06. The summed E-state index contributed by atoms with van der Waals surface area (Å²) in [5.74, 6) is -3.15. The van der Waals surface area contributed by atoms with E-state index >= 15 is 0 Å². The van der Waals surface area contributed by atoms with Gasteiger partial charge in [-0.25, -0.2) is 17.2 Å². The van der Waals surface area contributed by atoms with Crippen LogP contribution < -0.4 is 10.6 Å². The molecule has 1 aliphatic rings. The molecule has 12 heteroatoms. The van der Waals surface area contributed by atoms with Crippen molar-refractivity contribution >= 4 is 39.1 Å². The molecule has 1 fully saturated rings. The van der Waals surface area contributed by atoms with Crippen LogP contribution in [-0.4, -0.2) is 68.7 Å². The molecule has 3 rings (SSSR count). The number of hydrogen-bond donors (Lipinski definition) is 2. The smallest absolute Gasteiger partial charge is 0.244 e. The van der Waals surface area contributed by atoms with Crippen LogP contribution in [-0.2, 0) is 19.6 Å². The predicted molar refractivity (Wildman–Crippen MR) is 115 cm³/mol. The van der Waals surface area contributed by atoms with Crippen molar-refractivity contribution in [1.82, 2.24) is 14.5 Å². The van der Waals surface area contributed by atoms with Gasteiger partial charge < -0.3 is 10.6 Å². The number of nitrogens with one attached hydrogen (secondary N) is 2. The van der Waals surface area contributed by atoms with Gasteiger partial charge in [-0.3, -0.25) is 14.5 Å². The number of piperazine rings is 1. The molecule has 0 spiro atoms. The number of halogens is 3. The molecule has 0 aliphatic carbocycles. The summed E-state index contributed by atoms with van der Waals surface area (Å²) in [7, 11) is -3.73. The van der Waals surface area contributed by atoms with Crippen molar-refractivity contribution in [1.29, 1.82) is 0 Å². The summed E-state index contributed by atoms with van der Waals surface area (Å²) in [5, 5.41) is 4.94. The molecular weight excluding hydrogens is 466 g/mol. The van der Waals surface area contributed by atoms with Gasteiger partial charge in [0.15, 0.2) is 11.6 Å². The van der Waals surface area contributed by atoms with Crippen LogP contribution in [0.3, 0.4) is 0 Å². The number of carbonyl (C=O) groups excluding carboxylic acids is 2. The van der Waals surface area contributed by atoms with Gasteiger partial charge in [0.2, 0.25) is 21.8 Å². The fraction of sp³-hybridized carbons (Fsp3) is 0.300. The number of nitrogens with zero attached hydrogens (tertiary/aromatic N) is 2. The molecule has 172 valence electrons. The van der Waals surface area contributed by atoms with Crippen LogP contribution in [0.25, 0.3) is 0 Å². The van der Waals surface area contributed by atoms with Gasteiger partial charge in [-0.1, -0.05) is 23.7 Å². The van der Waals surface area contributed by atoms with Crippen LogP contribution in [0.1, 0.15) is 0 Å². The summed E-state index contributed by atoms with van der Waals surface area (Å²) in [6.07, 6.45) is 0. The first-order valence-corrected chi connectivity index (χ1v) is 11.5. The van der Waals surface area contributed by atoms with E-state index in [1.807, 2.05) is 0 Å². The minimum absolute atomic E-state index is 0.0154. The Bertz CT molecular complexity index is 1110. The Labute approximate surface area is 189 Å².